The molecule has 0 aliphatic carbocycles. The molecule has 0 radical (unpaired) electrons. The van der Waals surface area contributed by atoms with Crippen LogP contribution in [-0.4, -0.2) is 29.8 Å². The molecule has 0 N–H and O–H groups in total. The predicted molar refractivity (Wildman–Crippen MR) is 79.1 cm³/mol. The summed E-state index contributed by atoms with van der Waals surface area (Å²) in [5.41, 5.74) is -0.903. The normalized spacial score (nSPS) is 39.5. The number of hydrogen-bond donors (Lipinski definition) is 0. The summed E-state index contributed by atoms with van der Waals surface area (Å²) in [6, 6.07) is 5.12. The van der Waals surface area contributed by atoms with Gasteiger partial charge in [-0.3, -0.25) is 9.59 Å². The highest BCUT2D eigenvalue weighted by Gasteiger charge is 2.70. The van der Waals surface area contributed by atoms with Gasteiger partial charge in [0.2, 0.25) is 18.6 Å². The topological polar surface area (TPSA) is 65.1 Å². The number of amides is 2. The minimum atomic E-state index is -0.711. The molecule has 2 fully saturated rings. The van der Waals surface area contributed by atoms with E-state index in [2.05, 4.69) is 0 Å². The number of carbonyl (C=O) groups excluding carboxylic acids is 2. The Bertz CT molecular complexity index is 766. The number of hydrogen-bond acceptors (Lipinski definition) is 5. The first-order valence-electron chi connectivity index (χ1n) is 7.61. The Morgan fingerprint density at radius 3 is 2.26 bits per heavy atom. The number of benzene rings is 1. The summed E-state index contributed by atoms with van der Waals surface area (Å²) in [5, 5.41) is 0. The zero-order valence-electron chi connectivity index (χ0n) is 12.7. The Morgan fingerprint density at radius 1 is 1.00 bits per heavy atom. The number of fused-ring (bicyclic) bond motifs is 6. The zero-order valence-corrected chi connectivity index (χ0v) is 12.7. The Morgan fingerprint density at radius 2 is 1.61 bits per heavy atom. The second-order valence-electron chi connectivity index (χ2n) is 6.81. The fourth-order valence-electron chi connectivity index (χ4n) is 4.31. The fourth-order valence-corrected chi connectivity index (χ4v) is 4.31. The van der Waals surface area contributed by atoms with Crippen LogP contribution in [0.5, 0.6) is 11.5 Å². The van der Waals surface area contributed by atoms with E-state index < -0.39 is 23.0 Å². The number of carbonyl (C=O) groups is 2. The van der Waals surface area contributed by atoms with Crippen LogP contribution in [0.25, 0.3) is 0 Å². The van der Waals surface area contributed by atoms with E-state index in [1.54, 1.807) is 18.2 Å². The lowest BCUT2D eigenvalue weighted by Crippen LogP contribution is -2.39. The lowest BCUT2D eigenvalue weighted by Gasteiger charge is -2.25. The summed E-state index contributed by atoms with van der Waals surface area (Å²) >= 11 is 0. The molecule has 4 aliphatic heterocycles. The molecular weight excluding hydrogens is 298 g/mol. The van der Waals surface area contributed by atoms with Gasteiger partial charge in [-0.05, 0) is 26.0 Å². The van der Waals surface area contributed by atoms with Crippen molar-refractivity contribution < 1.29 is 23.8 Å². The van der Waals surface area contributed by atoms with Crippen molar-refractivity contribution in [3.05, 3.63) is 30.4 Å². The van der Waals surface area contributed by atoms with Gasteiger partial charge in [0.15, 0.2) is 11.5 Å². The van der Waals surface area contributed by atoms with Gasteiger partial charge >= 0.3 is 0 Å². The van der Waals surface area contributed by atoms with Crippen LogP contribution in [0, 0.1) is 11.8 Å². The van der Waals surface area contributed by atoms with Gasteiger partial charge in [0, 0.05) is 6.07 Å². The molecule has 0 spiro atoms. The molecule has 6 nitrogen and oxygen atoms in total. The average Bonchev–Trinajstić information content (AvgIpc) is 3.19. The smallest absolute Gasteiger partial charge is 0.241 e. The third-order valence-electron chi connectivity index (χ3n) is 5.34. The van der Waals surface area contributed by atoms with E-state index in [-0.39, 0.29) is 18.6 Å². The van der Waals surface area contributed by atoms with Crippen molar-refractivity contribution in [2.24, 2.45) is 11.8 Å². The molecule has 5 rings (SSSR count). The second kappa shape index (κ2) is 3.76. The summed E-state index contributed by atoms with van der Waals surface area (Å²) in [6.45, 7) is 3.89. The molecule has 2 saturated heterocycles. The minimum Gasteiger partial charge on any atom is -0.454 e. The molecule has 4 atom stereocenters. The summed E-state index contributed by atoms with van der Waals surface area (Å²) in [4.78, 5) is 27.2. The molecule has 0 saturated carbocycles. The van der Waals surface area contributed by atoms with Crippen molar-refractivity contribution in [2.75, 3.05) is 11.7 Å². The zero-order chi connectivity index (χ0) is 16.0. The molecule has 2 amide bonds. The molecule has 1 aromatic rings. The predicted octanol–water partition coefficient (Wildman–Crippen LogP) is 1.64. The molecule has 0 unspecified atom stereocenters. The summed E-state index contributed by atoms with van der Waals surface area (Å²) in [6.07, 6.45) is 3.81. The van der Waals surface area contributed by atoms with Crippen molar-refractivity contribution in [3.63, 3.8) is 0 Å². The SMILES string of the molecule is C[C@]12C=C[C@](C)(O1)[C@H]1C(=O)N(c3ccc4c(c3)OCO4)C(=O)[C@H]12. The van der Waals surface area contributed by atoms with Crippen LogP contribution in [0.2, 0.25) is 0 Å². The Labute approximate surface area is 132 Å². The van der Waals surface area contributed by atoms with E-state index in [9.17, 15) is 9.59 Å². The maximum Gasteiger partial charge on any atom is 0.241 e. The van der Waals surface area contributed by atoms with Crippen LogP contribution in [-0.2, 0) is 14.3 Å². The van der Waals surface area contributed by atoms with Crippen molar-refractivity contribution in [1.29, 1.82) is 0 Å². The molecule has 4 heterocycles. The summed E-state index contributed by atoms with van der Waals surface area (Å²) in [5.74, 6) is -0.207. The monoisotopic (exact) mass is 313 g/mol. The molecule has 6 heteroatoms. The van der Waals surface area contributed by atoms with Gasteiger partial charge in [0.05, 0.1) is 28.7 Å². The summed E-state index contributed by atoms with van der Waals surface area (Å²) < 4.78 is 16.6. The van der Waals surface area contributed by atoms with Crippen LogP contribution < -0.4 is 14.4 Å². The third-order valence-corrected chi connectivity index (χ3v) is 5.34. The van der Waals surface area contributed by atoms with Gasteiger partial charge < -0.3 is 14.2 Å². The number of rotatable bonds is 1. The van der Waals surface area contributed by atoms with E-state index in [1.807, 2.05) is 26.0 Å². The Kier molecular flexibility index (Phi) is 2.15. The largest absolute Gasteiger partial charge is 0.454 e. The first-order valence-corrected chi connectivity index (χ1v) is 7.61. The van der Waals surface area contributed by atoms with Gasteiger partial charge in [-0.1, -0.05) is 12.2 Å². The van der Waals surface area contributed by atoms with Crippen LogP contribution in [0.15, 0.2) is 30.4 Å². The first kappa shape index (κ1) is 13.1. The molecule has 118 valence electrons. The van der Waals surface area contributed by atoms with Crippen LogP contribution >= 0.6 is 0 Å². The molecule has 23 heavy (non-hydrogen) atoms. The quantitative estimate of drug-likeness (QED) is 0.582. The number of anilines is 1. The van der Waals surface area contributed by atoms with Gasteiger partial charge in [-0.15, -0.1) is 0 Å². The minimum absolute atomic E-state index is 0.153. The summed E-state index contributed by atoms with van der Waals surface area (Å²) in [7, 11) is 0. The lowest BCUT2D eigenvalue weighted by molar-refractivity contribution is -0.128. The van der Waals surface area contributed by atoms with E-state index >= 15 is 0 Å². The first-order chi connectivity index (χ1) is 10.9. The maximum atomic E-state index is 13.0. The van der Waals surface area contributed by atoms with Crippen molar-refractivity contribution in [1.82, 2.24) is 0 Å². The van der Waals surface area contributed by atoms with E-state index in [0.29, 0.717) is 17.2 Å². The van der Waals surface area contributed by atoms with Crippen molar-refractivity contribution in [2.45, 2.75) is 25.0 Å². The Hall–Kier alpha value is -2.34. The van der Waals surface area contributed by atoms with Gasteiger partial charge in [-0.2, -0.15) is 0 Å². The highest BCUT2D eigenvalue weighted by molar-refractivity contribution is 6.23. The van der Waals surface area contributed by atoms with Crippen LogP contribution in [0.1, 0.15) is 13.8 Å². The van der Waals surface area contributed by atoms with Crippen molar-refractivity contribution in [3.8, 4) is 11.5 Å². The number of ether oxygens (including phenoxy) is 3. The van der Waals surface area contributed by atoms with Gasteiger partial charge in [-0.25, -0.2) is 4.90 Å². The van der Waals surface area contributed by atoms with Crippen LogP contribution in [0.3, 0.4) is 0 Å². The van der Waals surface area contributed by atoms with E-state index in [0.717, 1.165) is 0 Å². The van der Waals surface area contributed by atoms with E-state index in [4.69, 9.17) is 14.2 Å². The Balaban J connectivity index is 1.60. The van der Waals surface area contributed by atoms with Crippen molar-refractivity contribution >= 4 is 17.5 Å². The standard InChI is InChI=1S/C17H15NO5/c1-16-5-6-17(2,23-16)13-12(16)14(19)18(15(13)20)9-3-4-10-11(7-9)22-8-21-10/h3-7,12-13H,8H2,1-2H3/t12-,13+,16+,17-. The maximum absolute atomic E-state index is 13.0. The van der Waals surface area contributed by atoms with Crippen LogP contribution in [0.4, 0.5) is 5.69 Å². The molecule has 0 aromatic heterocycles. The number of imide groups is 1. The molecule has 4 aliphatic rings. The highest BCUT2D eigenvalue weighted by Crippen LogP contribution is 2.57. The number of nitrogens with zero attached hydrogens (tertiary/aromatic N) is 1. The third kappa shape index (κ3) is 1.42. The van der Waals surface area contributed by atoms with Gasteiger partial charge in [0.1, 0.15) is 0 Å². The molecule has 2 bridgehead atoms. The average molecular weight is 313 g/mol. The van der Waals surface area contributed by atoms with Gasteiger partial charge in [0.25, 0.3) is 0 Å². The van der Waals surface area contributed by atoms with E-state index in [1.165, 1.54) is 4.90 Å². The lowest BCUT2D eigenvalue weighted by atomic mass is 9.73. The molecule has 1 aromatic carbocycles. The second-order valence-corrected chi connectivity index (χ2v) is 6.81. The highest BCUT2D eigenvalue weighted by atomic mass is 16.7. The molecular formula is C17H15NO5. The fraction of sp³-hybridized carbons (Fsp3) is 0.412.